The van der Waals surface area contributed by atoms with Crippen LogP contribution in [0.1, 0.15) is 30.9 Å². The molecule has 1 aliphatic rings. The van der Waals surface area contributed by atoms with Crippen LogP contribution in [-0.2, 0) is 5.33 Å². The molecule has 1 saturated carbocycles. The molecule has 0 bridgehead atoms. The first kappa shape index (κ1) is 7.35. The monoisotopic (exact) mass is 214 g/mol. The Labute approximate surface area is 74.7 Å². The molecule has 1 aromatic heterocycles. The molecule has 1 heterocycles. The predicted molar refractivity (Wildman–Crippen MR) is 47.7 cm³/mol. The van der Waals surface area contributed by atoms with Gasteiger partial charge in [0.1, 0.15) is 0 Å². The van der Waals surface area contributed by atoms with Crippen molar-refractivity contribution in [2.75, 3.05) is 0 Å². The quantitative estimate of drug-likeness (QED) is 0.693. The summed E-state index contributed by atoms with van der Waals surface area (Å²) in [5.41, 5.74) is 1.27. The Morgan fingerprint density at radius 3 is 2.91 bits per heavy atom. The molecule has 1 aliphatic carbocycles. The zero-order chi connectivity index (χ0) is 7.68. The lowest BCUT2D eigenvalue weighted by atomic mass is 9.93. The fraction of sp³-hybridized carbons (Fsp3) is 0.625. The van der Waals surface area contributed by atoms with E-state index in [1.54, 1.807) is 0 Å². The van der Waals surface area contributed by atoms with Crippen molar-refractivity contribution in [2.24, 2.45) is 0 Å². The average molecular weight is 215 g/mol. The summed E-state index contributed by atoms with van der Waals surface area (Å²) in [6.45, 7) is 0. The standard InChI is InChI=1S/C8H11BrN2/c9-4-7-5-10-11(6-7)8-2-1-3-8/h5-6,8H,1-4H2. The molecule has 0 atom stereocenters. The van der Waals surface area contributed by atoms with Gasteiger partial charge in [0.05, 0.1) is 12.2 Å². The van der Waals surface area contributed by atoms with Crippen LogP contribution in [0.15, 0.2) is 12.4 Å². The molecule has 11 heavy (non-hydrogen) atoms. The molecule has 2 nitrogen and oxygen atoms in total. The molecule has 0 saturated heterocycles. The molecule has 0 aliphatic heterocycles. The lowest BCUT2D eigenvalue weighted by molar-refractivity contribution is 0.289. The lowest BCUT2D eigenvalue weighted by Gasteiger charge is -2.25. The van der Waals surface area contributed by atoms with Crippen molar-refractivity contribution in [3.8, 4) is 0 Å². The third-order valence-corrected chi connectivity index (χ3v) is 2.91. The van der Waals surface area contributed by atoms with Crippen molar-refractivity contribution >= 4 is 15.9 Å². The summed E-state index contributed by atoms with van der Waals surface area (Å²) in [5, 5.41) is 5.21. The highest BCUT2D eigenvalue weighted by atomic mass is 79.9. The first-order valence-corrected chi connectivity index (χ1v) is 5.11. The molecule has 0 aromatic carbocycles. The lowest BCUT2D eigenvalue weighted by Crippen LogP contribution is -2.16. The number of alkyl halides is 1. The zero-order valence-corrected chi connectivity index (χ0v) is 7.92. The third kappa shape index (κ3) is 1.34. The summed E-state index contributed by atoms with van der Waals surface area (Å²) >= 11 is 3.41. The van der Waals surface area contributed by atoms with Gasteiger partial charge in [0.25, 0.3) is 0 Å². The van der Waals surface area contributed by atoms with Crippen LogP contribution in [0.25, 0.3) is 0 Å². The molecular formula is C8H11BrN2. The summed E-state index contributed by atoms with van der Waals surface area (Å²) in [5.74, 6) is 0. The summed E-state index contributed by atoms with van der Waals surface area (Å²) in [7, 11) is 0. The molecular weight excluding hydrogens is 204 g/mol. The number of aromatic nitrogens is 2. The molecule has 60 valence electrons. The van der Waals surface area contributed by atoms with Crippen molar-refractivity contribution in [1.82, 2.24) is 9.78 Å². The van der Waals surface area contributed by atoms with Gasteiger partial charge in [-0.1, -0.05) is 15.9 Å². The maximum atomic E-state index is 4.30. The van der Waals surface area contributed by atoms with Crippen LogP contribution in [0, 0.1) is 0 Å². The van der Waals surface area contributed by atoms with Gasteiger partial charge in [-0.05, 0) is 19.3 Å². The van der Waals surface area contributed by atoms with Crippen LogP contribution >= 0.6 is 15.9 Å². The average Bonchev–Trinajstić information content (AvgIpc) is 2.32. The fourth-order valence-corrected chi connectivity index (χ4v) is 1.59. The Hall–Kier alpha value is -0.310. The van der Waals surface area contributed by atoms with E-state index in [-0.39, 0.29) is 0 Å². The topological polar surface area (TPSA) is 17.8 Å². The van der Waals surface area contributed by atoms with E-state index in [9.17, 15) is 0 Å². The highest BCUT2D eigenvalue weighted by Crippen LogP contribution is 2.30. The van der Waals surface area contributed by atoms with E-state index < -0.39 is 0 Å². The van der Waals surface area contributed by atoms with Crippen molar-refractivity contribution < 1.29 is 0 Å². The van der Waals surface area contributed by atoms with Gasteiger partial charge in [-0.2, -0.15) is 5.10 Å². The molecule has 1 fully saturated rings. The highest BCUT2D eigenvalue weighted by molar-refractivity contribution is 9.08. The largest absolute Gasteiger partial charge is 0.269 e. The molecule has 0 radical (unpaired) electrons. The van der Waals surface area contributed by atoms with Gasteiger partial charge >= 0.3 is 0 Å². The van der Waals surface area contributed by atoms with Crippen molar-refractivity contribution in [3.63, 3.8) is 0 Å². The van der Waals surface area contributed by atoms with Crippen molar-refractivity contribution in [1.29, 1.82) is 0 Å². The van der Waals surface area contributed by atoms with Gasteiger partial charge in [-0.15, -0.1) is 0 Å². The summed E-state index contributed by atoms with van der Waals surface area (Å²) in [6, 6.07) is 0.697. The van der Waals surface area contributed by atoms with Crippen LogP contribution < -0.4 is 0 Å². The Bertz CT molecular complexity index is 240. The molecule has 0 N–H and O–H groups in total. The Balaban J connectivity index is 2.11. The SMILES string of the molecule is BrCc1cnn(C2CCC2)c1. The van der Waals surface area contributed by atoms with Gasteiger partial charge in [0, 0.05) is 17.1 Å². The van der Waals surface area contributed by atoms with E-state index in [2.05, 4.69) is 31.9 Å². The Morgan fingerprint density at radius 2 is 2.45 bits per heavy atom. The number of nitrogens with zero attached hydrogens (tertiary/aromatic N) is 2. The van der Waals surface area contributed by atoms with Gasteiger partial charge in [0.2, 0.25) is 0 Å². The maximum absolute atomic E-state index is 4.30. The third-order valence-electron chi connectivity index (χ3n) is 2.26. The maximum Gasteiger partial charge on any atom is 0.0530 e. The molecule has 0 unspecified atom stereocenters. The summed E-state index contributed by atoms with van der Waals surface area (Å²) in [6.07, 6.45) is 8.06. The minimum absolute atomic E-state index is 0.697. The molecule has 3 heteroatoms. The predicted octanol–water partition coefficient (Wildman–Crippen LogP) is 2.50. The minimum Gasteiger partial charge on any atom is -0.269 e. The number of halogens is 1. The molecule has 1 aromatic rings. The van der Waals surface area contributed by atoms with Gasteiger partial charge in [-0.25, -0.2) is 0 Å². The first-order valence-electron chi connectivity index (χ1n) is 3.99. The summed E-state index contributed by atoms with van der Waals surface area (Å²) in [4.78, 5) is 0. The van der Waals surface area contributed by atoms with Crippen LogP contribution in [0.5, 0.6) is 0 Å². The van der Waals surface area contributed by atoms with E-state index in [1.807, 2.05) is 6.20 Å². The fourth-order valence-electron chi connectivity index (χ4n) is 1.30. The number of rotatable bonds is 2. The van der Waals surface area contributed by atoms with Crippen molar-refractivity contribution in [3.05, 3.63) is 18.0 Å². The molecule has 0 spiro atoms. The second-order valence-corrected chi connectivity index (χ2v) is 3.61. The number of hydrogen-bond donors (Lipinski definition) is 0. The summed E-state index contributed by atoms with van der Waals surface area (Å²) < 4.78 is 2.10. The van der Waals surface area contributed by atoms with E-state index in [0.717, 1.165) is 5.33 Å². The Kier molecular flexibility index (Phi) is 1.98. The molecule has 2 rings (SSSR count). The minimum atomic E-state index is 0.697. The van der Waals surface area contributed by atoms with Crippen LogP contribution in [-0.4, -0.2) is 9.78 Å². The van der Waals surface area contributed by atoms with Crippen LogP contribution in [0.3, 0.4) is 0 Å². The normalized spacial score (nSPS) is 18.3. The van der Waals surface area contributed by atoms with E-state index in [0.29, 0.717) is 6.04 Å². The highest BCUT2D eigenvalue weighted by Gasteiger charge is 2.19. The van der Waals surface area contributed by atoms with E-state index in [1.165, 1.54) is 24.8 Å². The zero-order valence-electron chi connectivity index (χ0n) is 6.33. The van der Waals surface area contributed by atoms with Crippen LogP contribution in [0.2, 0.25) is 0 Å². The molecule has 0 amide bonds. The second-order valence-electron chi connectivity index (χ2n) is 3.05. The van der Waals surface area contributed by atoms with Crippen LogP contribution in [0.4, 0.5) is 0 Å². The first-order chi connectivity index (χ1) is 5.40. The second kappa shape index (κ2) is 2.97. The smallest absolute Gasteiger partial charge is 0.0530 e. The van der Waals surface area contributed by atoms with Crippen molar-refractivity contribution in [2.45, 2.75) is 30.6 Å². The van der Waals surface area contributed by atoms with Gasteiger partial charge < -0.3 is 0 Å². The Morgan fingerprint density at radius 1 is 1.64 bits per heavy atom. The van der Waals surface area contributed by atoms with E-state index in [4.69, 9.17) is 0 Å². The van der Waals surface area contributed by atoms with Gasteiger partial charge in [0.15, 0.2) is 0 Å². The number of hydrogen-bond acceptors (Lipinski definition) is 1. The van der Waals surface area contributed by atoms with Gasteiger partial charge in [-0.3, -0.25) is 4.68 Å². The van der Waals surface area contributed by atoms with E-state index >= 15 is 0 Å².